The molecule has 1 aromatic carbocycles. The highest BCUT2D eigenvalue weighted by Gasteiger charge is 2.35. The number of anilines is 1. The number of nitrogens with one attached hydrogen (secondary N) is 1. The number of aliphatic hydroxyl groups excluding tert-OH is 1. The molecule has 0 radical (unpaired) electrons. The molecule has 0 bridgehead atoms. The second-order valence-electron chi connectivity index (χ2n) is 9.73. The molecule has 1 aliphatic carbocycles. The maximum atomic E-state index is 13.4. The zero-order valence-corrected chi connectivity index (χ0v) is 24.5. The number of halogens is 2. The molecule has 1 fully saturated rings. The number of nitrogens with two attached hydrogens (primary N) is 1. The Morgan fingerprint density at radius 2 is 2.02 bits per heavy atom. The summed E-state index contributed by atoms with van der Waals surface area (Å²) in [5.41, 5.74) is 2.20. The molecule has 1 amide bonds. The van der Waals surface area contributed by atoms with Gasteiger partial charge in [0, 0.05) is 42.3 Å². The number of hydrogen-bond acceptors (Lipinski definition) is 11. The van der Waals surface area contributed by atoms with Gasteiger partial charge in [-0.3, -0.25) is 8.98 Å². The number of rotatable bonds is 8. The number of carbonyl (C=O) groups excluding carboxylic acids is 2. The lowest BCUT2D eigenvalue weighted by Gasteiger charge is -2.28. The number of ketones is 1. The average Bonchev–Trinajstić information content (AvgIpc) is 3.47. The first-order valence-corrected chi connectivity index (χ1v) is 15.5. The Bertz CT molecular complexity index is 1590. The Balaban J connectivity index is 1.25. The maximum Gasteiger partial charge on any atom is 0.415 e. The van der Waals surface area contributed by atoms with Crippen LogP contribution in [0.3, 0.4) is 0 Å². The number of ether oxygens (including phenoxy) is 1. The second-order valence-corrected chi connectivity index (χ2v) is 13.0. The summed E-state index contributed by atoms with van der Waals surface area (Å²) in [6.45, 7) is 0.534. The Hall–Kier alpha value is -2.85. The molecule has 12 nitrogen and oxygen atoms in total. The van der Waals surface area contributed by atoms with Crippen LogP contribution in [0.5, 0.6) is 5.75 Å². The number of nitrogens with zero attached hydrogens (tertiary/aromatic N) is 3. The predicted octanol–water partition coefficient (Wildman–Crippen LogP) is 3.40. The quantitative estimate of drug-likeness (QED) is 0.309. The molecular formula is C25H25Cl2N5O7S2. The number of benzene rings is 1. The van der Waals surface area contributed by atoms with E-state index in [-0.39, 0.29) is 45.4 Å². The van der Waals surface area contributed by atoms with E-state index in [1.807, 2.05) is 18.2 Å². The minimum atomic E-state index is -4.13. The van der Waals surface area contributed by atoms with Crippen molar-refractivity contribution in [2.24, 2.45) is 11.1 Å². The largest absolute Gasteiger partial charge is 0.415 e. The summed E-state index contributed by atoms with van der Waals surface area (Å²) in [6.07, 6.45) is 2.46. The van der Waals surface area contributed by atoms with Crippen LogP contribution < -0.4 is 15.2 Å². The summed E-state index contributed by atoms with van der Waals surface area (Å²) in [5.74, 6) is -0.643. The molecule has 218 valence electrons. The van der Waals surface area contributed by atoms with Crippen molar-refractivity contribution in [1.29, 1.82) is 0 Å². The molecule has 3 atom stereocenters. The van der Waals surface area contributed by atoms with Crippen molar-refractivity contribution in [3.8, 4) is 5.75 Å². The van der Waals surface area contributed by atoms with E-state index in [4.69, 9.17) is 33.1 Å². The molecule has 0 unspecified atom stereocenters. The van der Waals surface area contributed by atoms with Gasteiger partial charge in [-0.1, -0.05) is 29.3 Å². The summed E-state index contributed by atoms with van der Waals surface area (Å²) < 4.78 is 32.5. The second kappa shape index (κ2) is 12.2. The number of amides is 1. The van der Waals surface area contributed by atoms with Gasteiger partial charge in [0.1, 0.15) is 16.5 Å². The normalized spacial score (nSPS) is 20.5. The predicted molar refractivity (Wildman–Crippen MR) is 152 cm³/mol. The van der Waals surface area contributed by atoms with Crippen molar-refractivity contribution in [2.45, 2.75) is 38.0 Å². The van der Waals surface area contributed by atoms with Crippen molar-refractivity contribution in [3.63, 3.8) is 0 Å². The first kappa shape index (κ1) is 29.6. The lowest BCUT2D eigenvalue weighted by atomic mass is 10.0. The number of thiophene rings is 1. The van der Waals surface area contributed by atoms with Gasteiger partial charge in [0.15, 0.2) is 5.75 Å². The minimum absolute atomic E-state index is 0.0601. The van der Waals surface area contributed by atoms with Crippen molar-refractivity contribution in [1.82, 2.24) is 14.9 Å². The summed E-state index contributed by atoms with van der Waals surface area (Å²) in [4.78, 5) is 36.2. The Labute approximate surface area is 249 Å². The molecule has 3 aromatic rings. The molecular weight excluding hydrogens is 617 g/mol. The monoisotopic (exact) mass is 641 g/mol. The minimum Gasteiger partial charge on any atom is -0.408 e. The summed E-state index contributed by atoms with van der Waals surface area (Å²) >= 11 is 13.4. The first-order valence-electron chi connectivity index (χ1n) is 12.5. The van der Waals surface area contributed by atoms with Crippen molar-refractivity contribution in [2.75, 3.05) is 18.5 Å². The molecule has 4 N–H and O–H groups in total. The van der Waals surface area contributed by atoms with E-state index in [1.165, 1.54) is 18.6 Å². The molecule has 16 heteroatoms. The molecule has 2 aromatic heterocycles. The van der Waals surface area contributed by atoms with Crippen LogP contribution in [0.1, 0.15) is 39.2 Å². The van der Waals surface area contributed by atoms with Crippen LogP contribution in [0.4, 0.5) is 10.6 Å². The van der Waals surface area contributed by atoms with Gasteiger partial charge in [-0.2, -0.15) is 8.42 Å². The van der Waals surface area contributed by atoms with Crippen LogP contribution in [0, 0.1) is 5.92 Å². The maximum absolute atomic E-state index is 13.4. The van der Waals surface area contributed by atoms with Gasteiger partial charge in [-0.25, -0.2) is 19.9 Å². The Morgan fingerprint density at radius 3 is 2.80 bits per heavy atom. The van der Waals surface area contributed by atoms with Crippen LogP contribution in [0.25, 0.3) is 0 Å². The Kier molecular flexibility index (Phi) is 8.80. The molecule has 5 rings (SSSR count). The third-order valence-corrected chi connectivity index (χ3v) is 8.94. The standard InChI is InChI=1S/C25H25Cl2N5O7S2/c26-16-2-1-13-3-4-32(10-14(13)5-16)25(35)39-20-8-21(40-23(20)27)22(34)18-9-29-12-30-24(18)31-17-6-15(19(33)7-17)11-38-41(28,36)37/h1-2,5,8-9,12,15,17,19,33H,3-4,6-7,10-11H2,(H2,28,36,37)(H,29,30,31)/t15-,17-,19+/m1/s1. The summed E-state index contributed by atoms with van der Waals surface area (Å²) in [7, 11) is -4.13. The third kappa shape index (κ3) is 7.15. The van der Waals surface area contributed by atoms with E-state index in [0.717, 1.165) is 22.5 Å². The molecule has 0 saturated heterocycles. The van der Waals surface area contributed by atoms with Crippen LogP contribution in [-0.2, 0) is 27.5 Å². The number of hydrogen-bond donors (Lipinski definition) is 3. The van der Waals surface area contributed by atoms with Gasteiger partial charge >= 0.3 is 16.4 Å². The van der Waals surface area contributed by atoms with E-state index in [0.29, 0.717) is 31.0 Å². The molecule has 3 heterocycles. The van der Waals surface area contributed by atoms with Crippen LogP contribution in [0.2, 0.25) is 9.36 Å². The van der Waals surface area contributed by atoms with E-state index in [9.17, 15) is 23.1 Å². The SMILES string of the molecule is NS(=O)(=O)OC[C@H]1C[C@@H](Nc2ncncc2C(=O)c2cc(OC(=O)N3CCc4ccc(Cl)cc4C3)c(Cl)s2)C[C@@H]1O. The molecule has 2 aliphatic rings. The first-order chi connectivity index (χ1) is 19.5. The van der Waals surface area contributed by atoms with Gasteiger partial charge in [0.25, 0.3) is 0 Å². The lowest BCUT2D eigenvalue weighted by Crippen LogP contribution is -2.37. The molecule has 0 spiro atoms. The van der Waals surface area contributed by atoms with E-state index < -0.39 is 34.2 Å². The van der Waals surface area contributed by atoms with E-state index in [2.05, 4.69) is 19.5 Å². The van der Waals surface area contributed by atoms with Crippen molar-refractivity contribution < 1.29 is 32.0 Å². The number of aliphatic hydroxyl groups is 1. The lowest BCUT2D eigenvalue weighted by molar-refractivity contribution is 0.101. The summed E-state index contributed by atoms with van der Waals surface area (Å²) in [5, 5.41) is 18.9. The smallest absolute Gasteiger partial charge is 0.408 e. The van der Waals surface area contributed by atoms with Crippen LogP contribution in [0.15, 0.2) is 36.8 Å². The van der Waals surface area contributed by atoms with Crippen molar-refractivity contribution in [3.05, 3.63) is 67.7 Å². The number of carbonyl (C=O) groups is 2. The van der Waals surface area contributed by atoms with Gasteiger partial charge < -0.3 is 20.1 Å². The average molecular weight is 643 g/mol. The molecule has 1 aliphatic heterocycles. The number of aromatic nitrogens is 2. The summed E-state index contributed by atoms with van der Waals surface area (Å²) in [6, 6.07) is 6.66. The van der Waals surface area contributed by atoms with Crippen molar-refractivity contribution >= 4 is 62.5 Å². The topological polar surface area (TPSA) is 174 Å². The van der Waals surface area contributed by atoms with Gasteiger partial charge in [-0.05, 0) is 42.5 Å². The number of fused-ring (bicyclic) bond motifs is 1. The molecule has 41 heavy (non-hydrogen) atoms. The third-order valence-electron chi connectivity index (χ3n) is 6.92. The fourth-order valence-corrected chi connectivity index (χ4v) is 6.56. The zero-order chi connectivity index (χ0) is 29.3. The van der Waals surface area contributed by atoms with Crippen LogP contribution >= 0.6 is 34.5 Å². The Morgan fingerprint density at radius 1 is 1.22 bits per heavy atom. The highest BCUT2D eigenvalue weighted by molar-refractivity contribution is 7.84. The zero-order valence-electron chi connectivity index (χ0n) is 21.3. The highest BCUT2D eigenvalue weighted by atomic mass is 35.5. The fourth-order valence-electron chi connectivity index (χ4n) is 4.89. The van der Waals surface area contributed by atoms with E-state index in [1.54, 1.807) is 4.90 Å². The van der Waals surface area contributed by atoms with E-state index >= 15 is 0 Å². The molecule has 1 saturated carbocycles. The fraction of sp³-hybridized carbons (Fsp3) is 0.360. The van der Waals surface area contributed by atoms with Gasteiger partial charge in [0.2, 0.25) is 5.78 Å². The van der Waals surface area contributed by atoms with Gasteiger partial charge in [-0.15, -0.1) is 11.3 Å². The van der Waals surface area contributed by atoms with Crippen LogP contribution in [-0.4, -0.2) is 65.6 Å². The highest BCUT2D eigenvalue weighted by Crippen LogP contribution is 2.37. The van der Waals surface area contributed by atoms with Gasteiger partial charge in [0.05, 0.1) is 23.2 Å².